The van der Waals surface area contributed by atoms with Gasteiger partial charge in [-0.3, -0.25) is 4.79 Å². The Balaban J connectivity index is 0.00000110. The van der Waals surface area contributed by atoms with Gasteiger partial charge in [0.25, 0.3) is 5.91 Å². The molecule has 0 spiro atoms. The van der Waals surface area contributed by atoms with Gasteiger partial charge in [-0.15, -0.1) is 12.4 Å². The Morgan fingerprint density at radius 2 is 2.16 bits per heavy atom. The van der Waals surface area contributed by atoms with Crippen LogP contribution >= 0.6 is 12.4 Å². The van der Waals surface area contributed by atoms with Gasteiger partial charge in [0.1, 0.15) is 0 Å². The molecule has 1 amide bonds. The van der Waals surface area contributed by atoms with Crippen molar-refractivity contribution in [3.05, 3.63) is 36.2 Å². The molecule has 6 heteroatoms. The van der Waals surface area contributed by atoms with E-state index < -0.39 is 0 Å². The third-order valence-electron chi connectivity index (χ3n) is 4.06. The highest BCUT2D eigenvalue weighted by Crippen LogP contribution is 2.41. The van der Waals surface area contributed by atoms with Crippen LogP contribution in [-0.4, -0.2) is 34.7 Å². The van der Waals surface area contributed by atoms with Crippen LogP contribution in [0.15, 0.2) is 30.6 Å². The summed E-state index contributed by atoms with van der Waals surface area (Å²) < 4.78 is 1.73. The Kier molecular flexibility index (Phi) is 2.95. The van der Waals surface area contributed by atoms with Crippen LogP contribution in [0.3, 0.4) is 0 Å². The first-order valence-electron chi connectivity index (χ1n) is 6.28. The Hall–Kier alpha value is -1.59. The highest BCUT2D eigenvalue weighted by Gasteiger charge is 2.53. The fourth-order valence-electron chi connectivity index (χ4n) is 2.97. The predicted molar refractivity (Wildman–Crippen MR) is 73.5 cm³/mol. The van der Waals surface area contributed by atoms with E-state index in [0.29, 0.717) is 23.4 Å². The average molecular weight is 279 g/mol. The SMILES string of the molecule is Cl.O=C(NC1C2CNCC21)c1cnn2ccccc12. The molecule has 100 valence electrons. The average Bonchev–Trinajstić information content (AvgIpc) is 2.84. The van der Waals surface area contributed by atoms with Gasteiger partial charge in [-0.1, -0.05) is 6.07 Å². The van der Waals surface area contributed by atoms with E-state index in [-0.39, 0.29) is 18.3 Å². The first-order valence-corrected chi connectivity index (χ1v) is 6.28. The first kappa shape index (κ1) is 12.4. The second-order valence-corrected chi connectivity index (χ2v) is 5.07. The van der Waals surface area contributed by atoms with Crippen LogP contribution < -0.4 is 10.6 Å². The van der Waals surface area contributed by atoms with Gasteiger partial charge >= 0.3 is 0 Å². The van der Waals surface area contributed by atoms with Gasteiger partial charge in [0.15, 0.2) is 0 Å². The number of carbonyl (C=O) groups excluding carboxylic acids is 1. The van der Waals surface area contributed by atoms with Crippen LogP contribution in [-0.2, 0) is 0 Å². The van der Waals surface area contributed by atoms with Crippen molar-refractivity contribution >= 4 is 23.8 Å². The van der Waals surface area contributed by atoms with E-state index in [4.69, 9.17) is 0 Å². The summed E-state index contributed by atoms with van der Waals surface area (Å²) in [5.41, 5.74) is 1.52. The number of aromatic nitrogens is 2. The van der Waals surface area contributed by atoms with Crippen molar-refractivity contribution in [1.29, 1.82) is 0 Å². The Bertz CT molecular complexity index is 616. The van der Waals surface area contributed by atoms with Crippen LogP contribution in [0, 0.1) is 11.8 Å². The van der Waals surface area contributed by atoms with E-state index in [1.807, 2.05) is 24.4 Å². The number of halogens is 1. The predicted octanol–water partition coefficient (Wildman–Crippen LogP) is 0.704. The van der Waals surface area contributed by atoms with E-state index in [9.17, 15) is 4.79 Å². The molecule has 1 aliphatic heterocycles. The molecule has 4 rings (SSSR count). The fraction of sp³-hybridized carbons (Fsp3) is 0.385. The highest BCUT2D eigenvalue weighted by atomic mass is 35.5. The molecule has 19 heavy (non-hydrogen) atoms. The number of rotatable bonds is 2. The number of amides is 1. The van der Waals surface area contributed by atoms with Crippen LogP contribution in [0.5, 0.6) is 0 Å². The monoisotopic (exact) mass is 278 g/mol. The molecular formula is C13H15ClN4O. The van der Waals surface area contributed by atoms with E-state index in [1.165, 1.54) is 0 Å². The Morgan fingerprint density at radius 1 is 1.37 bits per heavy atom. The second-order valence-electron chi connectivity index (χ2n) is 5.07. The number of hydrogen-bond donors (Lipinski definition) is 2. The lowest BCUT2D eigenvalue weighted by Gasteiger charge is -2.06. The number of carbonyl (C=O) groups is 1. The van der Waals surface area contributed by atoms with E-state index in [1.54, 1.807) is 10.7 Å². The van der Waals surface area contributed by atoms with Gasteiger partial charge in [0.05, 0.1) is 17.3 Å². The molecule has 0 aromatic carbocycles. The number of fused-ring (bicyclic) bond motifs is 2. The Labute approximate surface area is 116 Å². The minimum absolute atomic E-state index is 0. The van der Waals surface area contributed by atoms with E-state index in [2.05, 4.69) is 15.7 Å². The number of nitrogens with zero attached hydrogens (tertiary/aromatic N) is 2. The quantitative estimate of drug-likeness (QED) is 0.850. The summed E-state index contributed by atoms with van der Waals surface area (Å²) >= 11 is 0. The van der Waals surface area contributed by atoms with E-state index >= 15 is 0 Å². The van der Waals surface area contributed by atoms with Crippen LogP contribution in [0.2, 0.25) is 0 Å². The lowest BCUT2D eigenvalue weighted by atomic mass is 10.2. The molecule has 5 nitrogen and oxygen atoms in total. The van der Waals surface area contributed by atoms with Crippen molar-refractivity contribution in [3.63, 3.8) is 0 Å². The van der Waals surface area contributed by atoms with Gasteiger partial charge in [0.2, 0.25) is 0 Å². The minimum atomic E-state index is -0.00407. The van der Waals surface area contributed by atoms with Crippen molar-refractivity contribution in [2.45, 2.75) is 6.04 Å². The molecule has 0 bridgehead atoms. The number of hydrogen-bond acceptors (Lipinski definition) is 3. The minimum Gasteiger partial charge on any atom is -0.349 e. The Morgan fingerprint density at radius 3 is 2.95 bits per heavy atom. The smallest absolute Gasteiger partial charge is 0.255 e. The van der Waals surface area contributed by atoms with Gasteiger partial charge in [-0.25, -0.2) is 4.52 Å². The number of nitrogens with one attached hydrogen (secondary N) is 2. The summed E-state index contributed by atoms with van der Waals surface area (Å²) in [4.78, 5) is 12.2. The number of pyridine rings is 1. The lowest BCUT2D eigenvalue weighted by molar-refractivity contribution is 0.0948. The van der Waals surface area contributed by atoms with Gasteiger partial charge in [-0.05, 0) is 24.0 Å². The maximum absolute atomic E-state index is 12.2. The topological polar surface area (TPSA) is 58.4 Å². The van der Waals surface area contributed by atoms with Gasteiger partial charge < -0.3 is 10.6 Å². The molecule has 2 atom stereocenters. The fourth-order valence-corrected chi connectivity index (χ4v) is 2.97. The molecule has 3 heterocycles. The molecular weight excluding hydrogens is 264 g/mol. The van der Waals surface area contributed by atoms with Gasteiger partial charge in [-0.2, -0.15) is 5.10 Å². The standard InChI is InChI=1S/C13H14N4O.ClH/c18-13(16-12-8-5-14-6-9(8)12)10-7-15-17-4-2-1-3-11(10)17;/h1-4,7-9,12,14H,5-6H2,(H,16,18);1H. The van der Waals surface area contributed by atoms with E-state index in [0.717, 1.165) is 18.6 Å². The number of piperidine rings is 1. The summed E-state index contributed by atoms with van der Waals surface area (Å²) in [5.74, 6) is 1.27. The third kappa shape index (κ3) is 1.89. The molecule has 2 aromatic heterocycles. The second kappa shape index (κ2) is 4.51. The van der Waals surface area contributed by atoms with Crippen molar-refractivity contribution in [3.8, 4) is 0 Å². The van der Waals surface area contributed by atoms with Crippen molar-refractivity contribution < 1.29 is 4.79 Å². The normalized spacial score (nSPS) is 27.7. The maximum atomic E-state index is 12.2. The molecule has 2 aromatic rings. The zero-order chi connectivity index (χ0) is 12.1. The summed E-state index contributed by atoms with van der Waals surface area (Å²) in [5, 5.41) is 10.6. The van der Waals surface area contributed by atoms with Crippen LogP contribution in [0.1, 0.15) is 10.4 Å². The van der Waals surface area contributed by atoms with Crippen molar-refractivity contribution in [2.24, 2.45) is 11.8 Å². The zero-order valence-corrected chi connectivity index (χ0v) is 11.1. The van der Waals surface area contributed by atoms with Crippen molar-refractivity contribution in [1.82, 2.24) is 20.2 Å². The summed E-state index contributed by atoms with van der Waals surface area (Å²) in [6.45, 7) is 2.06. The largest absolute Gasteiger partial charge is 0.349 e. The summed E-state index contributed by atoms with van der Waals surface area (Å²) in [6, 6.07) is 6.09. The summed E-state index contributed by atoms with van der Waals surface area (Å²) in [6.07, 6.45) is 3.49. The first-order chi connectivity index (χ1) is 8.84. The summed E-state index contributed by atoms with van der Waals surface area (Å²) in [7, 11) is 0. The molecule has 2 N–H and O–H groups in total. The molecule has 1 saturated heterocycles. The third-order valence-corrected chi connectivity index (χ3v) is 4.06. The molecule has 1 aliphatic carbocycles. The molecule has 0 radical (unpaired) electrons. The maximum Gasteiger partial charge on any atom is 0.255 e. The molecule has 1 saturated carbocycles. The molecule has 2 fully saturated rings. The lowest BCUT2D eigenvalue weighted by Crippen LogP contribution is -2.32. The van der Waals surface area contributed by atoms with Crippen LogP contribution in [0.25, 0.3) is 5.52 Å². The van der Waals surface area contributed by atoms with Crippen LogP contribution in [0.4, 0.5) is 0 Å². The molecule has 2 unspecified atom stereocenters. The van der Waals surface area contributed by atoms with Gasteiger partial charge in [0, 0.05) is 25.3 Å². The zero-order valence-electron chi connectivity index (χ0n) is 10.2. The highest BCUT2D eigenvalue weighted by molar-refractivity contribution is 6.00. The molecule has 2 aliphatic rings. The van der Waals surface area contributed by atoms with Crippen molar-refractivity contribution in [2.75, 3.05) is 13.1 Å².